The third kappa shape index (κ3) is 17.7. The van der Waals surface area contributed by atoms with Gasteiger partial charge in [0, 0.05) is 26.4 Å². The Hall–Kier alpha value is -0.366. The fraction of sp³-hybridized carbons (Fsp3) is 0.571. The summed E-state index contributed by atoms with van der Waals surface area (Å²) >= 11 is 0. The van der Waals surface area contributed by atoms with Crippen molar-refractivity contribution in [3.63, 3.8) is 0 Å². The maximum atomic E-state index is 4.94. The molecule has 0 aliphatic carbocycles. The number of hydrogen-bond acceptors (Lipinski definition) is 2. The Bertz CT molecular complexity index is 677. The average molecular weight is 648 g/mol. The number of ether oxygens (including phenoxy) is 2. The average Bonchev–Trinajstić information content (AvgIpc) is 3.55. The molecule has 4 nitrogen and oxygen atoms in total. The first-order chi connectivity index (χ1) is 15.5. The molecule has 0 spiro atoms. The van der Waals surface area contributed by atoms with Gasteiger partial charge in [0.25, 0.3) is 0 Å². The van der Waals surface area contributed by atoms with E-state index in [2.05, 4.69) is 88.6 Å². The van der Waals surface area contributed by atoms with E-state index in [1.54, 1.807) is 0 Å². The Morgan fingerprint density at radius 3 is 1.14 bits per heavy atom. The van der Waals surface area contributed by atoms with Gasteiger partial charge in [-0.15, -0.1) is 24.5 Å². The summed E-state index contributed by atoms with van der Waals surface area (Å²) in [4.78, 5) is 0. The second kappa shape index (κ2) is 25.3. The van der Waals surface area contributed by atoms with E-state index in [1.807, 2.05) is 0 Å². The molecule has 2 saturated heterocycles. The van der Waals surface area contributed by atoms with Gasteiger partial charge in [-0.25, -0.2) is 0 Å². The van der Waals surface area contributed by atoms with Crippen LogP contribution in [0, 0.1) is 27.7 Å². The molecule has 7 heteroatoms. The molecule has 0 bridgehead atoms. The third-order valence-electron chi connectivity index (χ3n) is 5.46. The quantitative estimate of drug-likeness (QED) is 0.479. The van der Waals surface area contributed by atoms with Gasteiger partial charge in [-0.05, 0) is 64.5 Å². The zero-order chi connectivity index (χ0) is 23.6. The number of aryl methyl sites for hydroxylation is 2. The van der Waals surface area contributed by atoms with Gasteiger partial charge in [0.1, 0.15) is 0 Å². The first kappa shape index (κ1) is 39.2. The fourth-order valence-electron chi connectivity index (χ4n) is 3.18. The Kier molecular flexibility index (Phi) is 28.3. The van der Waals surface area contributed by atoms with Crippen LogP contribution in [-0.2, 0) is 31.2 Å². The second-order valence-corrected chi connectivity index (χ2v) is 8.03. The monoisotopic (exact) mass is 646 g/mol. The summed E-state index contributed by atoms with van der Waals surface area (Å²) in [5.41, 5.74) is 7.50. The molecule has 0 radical (unpaired) electrons. The number of hydrogen-bond donors (Lipinski definition) is 0. The smallest absolute Gasteiger partial charge is 1.00 e. The zero-order valence-electron chi connectivity index (χ0n) is 22.5. The van der Waals surface area contributed by atoms with Crippen LogP contribution >= 0.6 is 0 Å². The van der Waals surface area contributed by atoms with Crippen LogP contribution in [-0.4, -0.2) is 39.5 Å². The van der Waals surface area contributed by atoms with Crippen molar-refractivity contribution in [2.45, 2.75) is 67.2 Å². The predicted octanol–water partition coefficient (Wildman–Crippen LogP) is 2.26. The number of nitrogens with zero attached hydrogens (tertiary/aromatic N) is 2. The summed E-state index contributed by atoms with van der Waals surface area (Å²) in [6, 6.07) is 12.5. The number of benzene rings is 2. The predicted molar refractivity (Wildman–Crippen MR) is 139 cm³/mol. The van der Waals surface area contributed by atoms with E-state index in [9.17, 15) is 0 Å². The van der Waals surface area contributed by atoms with Gasteiger partial charge in [-0.1, -0.05) is 61.4 Å². The van der Waals surface area contributed by atoms with E-state index < -0.39 is 0 Å². The van der Waals surface area contributed by atoms with Gasteiger partial charge < -0.3 is 54.1 Å². The first-order valence-electron chi connectivity index (χ1n) is 12.1. The van der Waals surface area contributed by atoms with Crippen molar-refractivity contribution >= 4 is 11.4 Å². The molecule has 0 N–H and O–H groups in total. The van der Waals surface area contributed by atoms with E-state index in [0.29, 0.717) is 0 Å². The molecule has 2 aromatic carbocycles. The molecule has 2 fully saturated rings. The van der Waals surface area contributed by atoms with Crippen molar-refractivity contribution in [1.29, 1.82) is 0 Å². The molecule has 2 aliphatic heterocycles. The number of rotatable bonds is 4. The Labute approximate surface area is 251 Å². The molecule has 196 valence electrons. The van der Waals surface area contributed by atoms with Crippen LogP contribution in [0.4, 0.5) is 11.4 Å². The van der Waals surface area contributed by atoms with E-state index in [4.69, 9.17) is 9.47 Å². The van der Waals surface area contributed by atoms with Gasteiger partial charge in [0.15, 0.2) is 0 Å². The SMILES string of the molecule is C1CCOC1.C1CCOC1.CC[N-]c1cccc(C)c1C.CC[N-]c1cccc(C)c1C.[Br-].[Br-].[Ti+4]. The van der Waals surface area contributed by atoms with Crippen LogP contribution in [0.25, 0.3) is 10.6 Å². The van der Waals surface area contributed by atoms with E-state index in [1.165, 1.54) is 47.9 Å². The fourth-order valence-corrected chi connectivity index (χ4v) is 3.18. The third-order valence-corrected chi connectivity index (χ3v) is 5.46. The van der Waals surface area contributed by atoms with Gasteiger partial charge in [0.2, 0.25) is 0 Å². The Morgan fingerprint density at radius 1 is 0.600 bits per heavy atom. The zero-order valence-corrected chi connectivity index (χ0v) is 27.2. The molecule has 0 saturated carbocycles. The summed E-state index contributed by atoms with van der Waals surface area (Å²) < 4.78 is 9.89. The van der Waals surface area contributed by atoms with Gasteiger partial charge in [0.05, 0.1) is 0 Å². The minimum absolute atomic E-state index is 0. The van der Waals surface area contributed by atoms with E-state index in [0.717, 1.165) is 50.9 Å². The molecule has 0 unspecified atom stereocenters. The molecular weight excluding hydrogens is 604 g/mol. The summed E-state index contributed by atoms with van der Waals surface area (Å²) in [6.07, 6.45) is 5.11. The summed E-state index contributed by atoms with van der Waals surface area (Å²) in [5, 5.41) is 8.73. The first-order valence-corrected chi connectivity index (χ1v) is 12.1. The largest absolute Gasteiger partial charge is 4.00 e. The number of halogens is 2. The Morgan fingerprint density at radius 2 is 0.914 bits per heavy atom. The van der Waals surface area contributed by atoms with Crippen LogP contribution < -0.4 is 34.0 Å². The van der Waals surface area contributed by atoms with Crippen LogP contribution in [0.15, 0.2) is 36.4 Å². The molecule has 0 atom stereocenters. The molecule has 0 aromatic heterocycles. The molecule has 4 rings (SSSR count). The second-order valence-electron chi connectivity index (χ2n) is 8.03. The standard InChI is InChI=1S/2C10H14N.2C4H8O.2BrH.Ti/c2*1-4-11-10-7-5-6-8(2)9(10)3;2*1-2-4-5-3-1;;;/h2*5-7H,4H2,1-3H3;2*1-4H2;2*1H;/q2*-1;;;;;+4/p-2. The van der Waals surface area contributed by atoms with Crippen LogP contribution in [0.5, 0.6) is 0 Å². The maximum absolute atomic E-state index is 4.94. The van der Waals surface area contributed by atoms with E-state index >= 15 is 0 Å². The van der Waals surface area contributed by atoms with Crippen molar-refractivity contribution in [3.05, 3.63) is 69.3 Å². The topological polar surface area (TPSA) is 46.7 Å². The van der Waals surface area contributed by atoms with Crippen molar-refractivity contribution in [2.75, 3.05) is 39.5 Å². The minimum atomic E-state index is 0. The van der Waals surface area contributed by atoms with Crippen molar-refractivity contribution in [3.8, 4) is 0 Å². The van der Waals surface area contributed by atoms with Gasteiger partial charge in [-0.3, -0.25) is 0 Å². The van der Waals surface area contributed by atoms with Crippen LogP contribution in [0.1, 0.15) is 61.8 Å². The Balaban J connectivity index is -0.000000400. The van der Waals surface area contributed by atoms with Gasteiger partial charge in [-0.2, -0.15) is 0 Å². The van der Waals surface area contributed by atoms with Gasteiger partial charge >= 0.3 is 21.7 Å². The molecule has 35 heavy (non-hydrogen) atoms. The molecule has 2 heterocycles. The molecule has 2 aliphatic rings. The minimum Gasteiger partial charge on any atom is -1.00 e. The van der Waals surface area contributed by atoms with Crippen molar-refractivity contribution in [1.82, 2.24) is 0 Å². The van der Waals surface area contributed by atoms with Crippen molar-refractivity contribution < 1.29 is 65.2 Å². The molecular formula is C28H44Br2N2O2Ti. The summed E-state index contributed by atoms with van der Waals surface area (Å²) in [6.45, 7) is 18.3. The van der Waals surface area contributed by atoms with Crippen LogP contribution in [0.3, 0.4) is 0 Å². The summed E-state index contributed by atoms with van der Waals surface area (Å²) in [7, 11) is 0. The van der Waals surface area contributed by atoms with Crippen LogP contribution in [0.2, 0.25) is 0 Å². The van der Waals surface area contributed by atoms with Crippen molar-refractivity contribution in [2.24, 2.45) is 0 Å². The molecule has 2 aromatic rings. The maximum Gasteiger partial charge on any atom is 4.00 e. The summed E-state index contributed by atoms with van der Waals surface area (Å²) in [5.74, 6) is 0. The van der Waals surface area contributed by atoms with E-state index in [-0.39, 0.29) is 55.7 Å². The molecule has 0 amide bonds. The normalized spacial score (nSPS) is 13.0.